The van der Waals surface area contributed by atoms with Gasteiger partial charge in [0.1, 0.15) is 17.4 Å². The fraction of sp³-hybridized carbons (Fsp3) is 0.455. The van der Waals surface area contributed by atoms with E-state index in [0.717, 1.165) is 29.9 Å². The number of hydrogen-bond acceptors (Lipinski definition) is 8. The number of halogens is 1. The fourth-order valence-corrected chi connectivity index (χ4v) is 4.10. The van der Waals surface area contributed by atoms with Gasteiger partial charge in [0.2, 0.25) is 0 Å². The van der Waals surface area contributed by atoms with E-state index in [4.69, 9.17) is 19.4 Å². The van der Waals surface area contributed by atoms with Crippen molar-refractivity contribution in [3.63, 3.8) is 0 Å². The molecule has 176 valence electrons. The van der Waals surface area contributed by atoms with Crippen molar-refractivity contribution in [2.75, 3.05) is 44.4 Å². The smallest absolute Gasteiger partial charge is 0.258 e. The van der Waals surface area contributed by atoms with Crippen molar-refractivity contribution in [3.05, 3.63) is 36.3 Å². The molecule has 0 unspecified atom stereocenters. The molecule has 4 rings (SSSR count). The van der Waals surface area contributed by atoms with Crippen LogP contribution in [0.15, 0.2) is 35.6 Å². The van der Waals surface area contributed by atoms with Gasteiger partial charge in [-0.1, -0.05) is 25.6 Å². The lowest BCUT2D eigenvalue weighted by atomic mass is 10.3. The number of anilines is 1. The molecule has 1 aliphatic rings. The van der Waals surface area contributed by atoms with Crippen LogP contribution in [0.2, 0.25) is 0 Å². The fourth-order valence-electron chi connectivity index (χ4n) is 3.40. The lowest BCUT2D eigenvalue weighted by Gasteiger charge is -2.28. The normalized spacial score (nSPS) is 14.1. The summed E-state index contributed by atoms with van der Waals surface area (Å²) in [6.45, 7) is 7.76. The van der Waals surface area contributed by atoms with Crippen LogP contribution in [0.4, 0.5) is 10.2 Å². The minimum Gasteiger partial charge on any atom is -0.484 e. The molecule has 1 saturated heterocycles. The molecule has 11 heteroatoms. The zero-order valence-electron chi connectivity index (χ0n) is 18.7. The lowest BCUT2D eigenvalue weighted by molar-refractivity contribution is -0.123. The van der Waals surface area contributed by atoms with E-state index in [-0.39, 0.29) is 18.3 Å². The van der Waals surface area contributed by atoms with Crippen molar-refractivity contribution < 1.29 is 18.7 Å². The van der Waals surface area contributed by atoms with E-state index in [1.807, 2.05) is 0 Å². The van der Waals surface area contributed by atoms with E-state index in [9.17, 15) is 9.18 Å². The Bertz CT molecular complexity index is 1090. The van der Waals surface area contributed by atoms with E-state index < -0.39 is 0 Å². The average Bonchev–Trinajstić information content (AvgIpc) is 3.21. The van der Waals surface area contributed by atoms with Crippen LogP contribution in [0, 0.1) is 5.82 Å². The van der Waals surface area contributed by atoms with Crippen LogP contribution in [0.25, 0.3) is 11.0 Å². The monoisotopic (exact) mass is 474 g/mol. The first kappa shape index (κ1) is 23.2. The molecule has 0 saturated carbocycles. The number of morpholine rings is 1. The van der Waals surface area contributed by atoms with E-state index in [2.05, 4.69) is 29.2 Å². The van der Waals surface area contributed by atoms with Crippen LogP contribution in [-0.4, -0.2) is 70.4 Å². The molecule has 1 aromatic carbocycles. The van der Waals surface area contributed by atoms with Crippen molar-refractivity contribution in [1.29, 1.82) is 0 Å². The molecule has 0 aliphatic carbocycles. The number of nitrogens with zero attached hydrogens (tertiary/aromatic N) is 5. The van der Waals surface area contributed by atoms with E-state index in [1.165, 1.54) is 24.3 Å². The Morgan fingerprint density at radius 1 is 1.24 bits per heavy atom. The van der Waals surface area contributed by atoms with Crippen molar-refractivity contribution in [3.8, 4) is 5.75 Å². The SMILES string of the molecule is CC(C)Sc1nc(N2CCOCC2)c2cnn(CCNC(=O)COc3ccc(F)cc3)c2n1. The molecule has 0 radical (unpaired) electrons. The molecule has 0 bridgehead atoms. The van der Waals surface area contributed by atoms with Crippen molar-refractivity contribution in [1.82, 2.24) is 25.1 Å². The van der Waals surface area contributed by atoms with Gasteiger partial charge in [0.25, 0.3) is 5.91 Å². The molecule has 0 spiro atoms. The van der Waals surface area contributed by atoms with Gasteiger partial charge in [0.05, 0.1) is 31.3 Å². The summed E-state index contributed by atoms with van der Waals surface area (Å²) >= 11 is 1.61. The summed E-state index contributed by atoms with van der Waals surface area (Å²) in [6.07, 6.45) is 1.78. The Hall–Kier alpha value is -2.92. The second-order valence-electron chi connectivity index (χ2n) is 7.79. The Morgan fingerprint density at radius 3 is 2.73 bits per heavy atom. The standard InChI is InChI=1S/C22H27FN6O3S/c1-15(2)33-22-26-20(28-9-11-31-12-10-28)18-13-25-29(21(18)27-22)8-7-24-19(30)14-32-17-5-3-16(23)4-6-17/h3-6,13,15H,7-12,14H2,1-2H3,(H,24,30). The summed E-state index contributed by atoms with van der Waals surface area (Å²) in [5.41, 5.74) is 0.742. The second-order valence-corrected chi connectivity index (χ2v) is 9.34. The summed E-state index contributed by atoms with van der Waals surface area (Å²) in [4.78, 5) is 23.9. The topological polar surface area (TPSA) is 94.4 Å². The molecule has 0 atom stereocenters. The molecular weight excluding hydrogens is 447 g/mol. The maximum Gasteiger partial charge on any atom is 0.258 e. The molecule has 3 heterocycles. The number of nitrogens with one attached hydrogen (secondary N) is 1. The maximum atomic E-state index is 13.0. The van der Waals surface area contributed by atoms with Crippen molar-refractivity contribution >= 4 is 34.5 Å². The van der Waals surface area contributed by atoms with Gasteiger partial charge >= 0.3 is 0 Å². The predicted octanol–water partition coefficient (Wildman–Crippen LogP) is 2.50. The third kappa shape index (κ3) is 6.11. The molecule has 1 amide bonds. The molecule has 1 N–H and O–H groups in total. The minimum atomic E-state index is -0.353. The number of hydrogen-bond donors (Lipinski definition) is 1. The largest absolute Gasteiger partial charge is 0.484 e. The van der Waals surface area contributed by atoms with Crippen LogP contribution < -0.4 is 15.0 Å². The second kappa shape index (κ2) is 10.8. The Kier molecular flexibility index (Phi) is 7.61. The lowest BCUT2D eigenvalue weighted by Crippen LogP contribution is -2.37. The molecule has 1 aliphatic heterocycles. The first-order valence-corrected chi connectivity index (χ1v) is 11.8. The highest BCUT2D eigenvalue weighted by molar-refractivity contribution is 7.99. The van der Waals surface area contributed by atoms with Gasteiger partial charge in [-0.05, 0) is 24.3 Å². The average molecular weight is 475 g/mol. The summed E-state index contributed by atoms with van der Waals surface area (Å²) in [5, 5.41) is 9.25. The van der Waals surface area contributed by atoms with Crippen molar-refractivity contribution in [2.24, 2.45) is 0 Å². The highest BCUT2D eigenvalue weighted by atomic mass is 32.2. The summed E-state index contributed by atoms with van der Waals surface area (Å²) in [6, 6.07) is 5.54. The number of carbonyl (C=O) groups is 1. The zero-order valence-corrected chi connectivity index (χ0v) is 19.5. The third-order valence-corrected chi connectivity index (χ3v) is 5.80. The first-order valence-electron chi connectivity index (χ1n) is 10.9. The molecule has 33 heavy (non-hydrogen) atoms. The molecule has 9 nitrogen and oxygen atoms in total. The number of carbonyl (C=O) groups excluding carboxylic acids is 1. The van der Waals surface area contributed by atoms with Gasteiger partial charge in [-0.3, -0.25) is 4.79 Å². The predicted molar refractivity (Wildman–Crippen MR) is 124 cm³/mol. The number of thioether (sulfide) groups is 1. The summed E-state index contributed by atoms with van der Waals surface area (Å²) in [7, 11) is 0. The Labute approximate surface area is 195 Å². The van der Waals surface area contributed by atoms with Crippen LogP contribution in [0.3, 0.4) is 0 Å². The van der Waals surface area contributed by atoms with Gasteiger partial charge < -0.3 is 19.7 Å². The summed E-state index contributed by atoms with van der Waals surface area (Å²) < 4.78 is 25.6. The number of benzene rings is 1. The number of ether oxygens (including phenoxy) is 2. The third-order valence-electron chi connectivity index (χ3n) is 4.94. The zero-order chi connectivity index (χ0) is 23.2. The van der Waals surface area contributed by atoms with Crippen LogP contribution in [0.5, 0.6) is 5.75 Å². The number of rotatable bonds is 9. The van der Waals surface area contributed by atoms with Crippen LogP contribution in [0.1, 0.15) is 13.8 Å². The number of amides is 1. The maximum absolute atomic E-state index is 13.0. The molecule has 3 aromatic rings. The highest BCUT2D eigenvalue weighted by Gasteiger charge is 2.20. The van der Waals surface area contributed by atoms with E-state index >= 15 is 0 Å². The molecular formula is C22H27FN6O3S. The Morgan fingerprint density at radius 2 is 2.00 bits per heavy atom. The van der Waals surface area contributed by atoms with Crippen LogP contribution in [-0.2, 0) is 16.1 Å². The Balaban J connectivity index is 1.41. The minimum absolute atomic E-state index is 0.149. The van der Waals surface area contributed by atoms with Gasteiger partial charge in [0.15, 0.2) is 17.4 Å². The first-order chi connectivity index (χ1) is 16.0. The number of aromatic nitrogens is 4. The molecule has 2 aromatic heterocycles. The number of fused-ring (bicyclic) bond motifs is 1. The van der Waals surface area contributed by atoms with Gasteiger partial charge in [0, 0.05) is 24.9 Å². The van der Waals surface area contributed by atoms with Gasteiger partial charge in [-0.2, -0.15) is 5.10 Å². The van der Waals surface area contributed by atoms with Crippen LogP contribution >= 0.6 is 11.8 Å². The highest BCUT2D eigenvalue weighted by Crippen LogP contribution is 2.29. The van der Waals surface area contributed by atoms with Crippen molar-refractivity contribution in [2.45, 2.75) is 30.8 Å². The van der Waals surface area contributed by atoms with Gasteiger partial charge in [-0.25, -0.2) is 19.0 Å². The van der Waals surface area contributed by atoms with E-state index in [0.29, 0.717) is 42.5 Å². The van der Waals surface area contributed by atoms with Gasteiger partial charge in [-0.15, -0.1) is 0 Å². The summed E-state index contributed by atoms with van der Waals surface area (Å²) in [5.74, 6) is 0.686. The quantitative estimate of drug-likeness (QED) is 0.374. The van der Waals surface area contributed by atoms with E-state index in [1.54, 1.807) is 22.6 Å². The molecule has 1 fully saturated rings.